The largest absolute Gasteiger partial charge is 0.355 e. The van der Waals surface area contributed by atoms with Gasteiger partial charge in [0.25, 0.3) is 17.4 Å². The molecule has 0 radical (unpaired) electrons. The standard InChI is InChI=1S/C36H37F2N7O3/c1-17(2)30-32(19(4)10-12-40-30)45-33-23(14-25(38)31(42-33)27-18(3)8-9-26-24(27)15-41-43-26)28(29(36(45)48)34(46)39-7)22-11-13-44(16-20(22)5)35(47)21(6)37/h8-10,12,14-15,17,20,22H,6,11,13,16H2,1-5,7H3,(H,39,46)(H,41,43)/t20-,22?/m0/s1. The van der Waals surface area contributed by atoms with E-state index in [9.17, 15) is 18.8 Å². The minimum absolute atomic E-state index is 0.0290. The zero-order valence-corrected chi connectivity index (χ0v) is 27.7. The summed E-state index contributed by atoms with van der Waals surface area (Å²) in [7, 11) is 1.43. The highest BCUT2D eigenvalue weighted by Gasteiger charge is 2.37. The third-order valence-electron chi connectivity index (χ3n) is 9.39. The lowest BCUT2D eigenvalue weighted by atomic mass is 9.78. The molecule has 0 saturated carbocycles. The summed E-state index contributed by atoms with van der Waals surface area (Å²) in [5, 5.41) is 10.6. The minimum Gasteiger partial charge on any atom is -0.355 e. The lowest BCUT2D eigenvalue weighted by Crippen LogP contribution is -2.43. The zero-order chi connectivity index (χ0) is 34.6. The number of aromatic amines is 1. The molecule has 6 rings (SSSR count). The van der Waals surface area contributed by atoms with Crippen LogP contribution < -0.4 is 10.9 Å². The van der Waals surface area contributed by atoms with Gasteiger partial charge in [-0.25, -0.2) is 13.8 Å². The molecule has 4 aromatic heterocycles. The van der Waals surface area contributed by atoms with Crippen LogP contribution in [0, 0.1) is 25.6 Å². The molecule has 1 aromatic carbocycles. The fraction of sp³-hybridized carbons (Fsp3) is 0.333. The molecule has 248 valence electrons. The highest BCUT2D eigenvalue weighted by atomic mass is 19.1. The Morgan fingerprint density at radius 3 is 2.56 bits per heavy atom. The maximum absolute atomic E-state index is 16.7. The summed E-state index contributed by atoms with van der Waals surface area (Å²) in [6, 6.07) is 6.83. The van der Waals surface area contributed by atoms with Crippen molar-refractivity contribution in [3.05, 3.63) is 93.2 Å². The molecule has 48 heavy (non-hydrogen) atoms. The van der Waals surface area contributed by atoms with E-state index in [2.05, 4.69) is 27.1 Å². The van der Waals surface area contributed by atoms with Crippen LogP contribution in [0.1, 0.15) is 71.8 Å². The van der Waals surface area contributed by atoms with E-state index in [1.165, 1.54) is 22.6 Å². The van der Waals surface area contributed by atoms with Crippen LogP contribution in [0.4, 0.5) is 8.78 Å². The fourth-order valence-corrected chi connectivity index (χ4v) is 7.07. The SMILES string of the molecule is C=C(F)C(=O)N1CCC(c2c(C(=O)NC)c(=O)n(-c3c(C)ccnc3C(C)C)c3nc(-c4c(C)ccc5[nH]ncc45)c(F)cc23)[C@@H](C)C1. The molecule has 2 N–H and O–H groups in total. The number of rotatable bonds is 6. The van der Waals surface area contributed by atoms with E-state index in [-0.39, 0.29) is 47.2 Å². The number of fused-ring (bicyclic) bond motifs is 2. The number of carbonyl (C=O) groups excluding carboxylic acids is 2. The summed E-state index contributed by atoms with van der Waals surface area (Å²) in [6.45, 7) is 12.9. The second-order valence-electron chi connectivity index (χ2n) is 12.8. The normalized spacial score (nSPS) is 16.6. The quantitative estimate of drug-likeness (QED) is 0.217. The predicted octanol–water partition coefficient (Wildman–Crippen LogP) is 6.00. The van der Waals surface area contributed by atoms with Crippen LogP contribution in [-0.4, -0.2) is 61.6 Å². The second-order valence-corrected chi connectivity index (χ2v) is 12.8. The van der Waals surface area contributed by atoms with Crippen LogP contribution in [0.5, 0.6) is 0 Å². The molecule has 0 spiro atoms. The van der Waals surface area contributed by atoms with E-state index < -0.39 is 34.9 Å². The van der Waals surface area contributed by atoms with Crippen LogP contribution in [0.2, 0.25) is 0 Å². The number of H-pyrrole nitrogens is 1. The van der Waals surface area contributed by atoms with Crippen molar-refractivity contribution in [2.24, 2.45) is 5.92 Å². The Kier molecular flexibility index (Phi) is 8.44. The van der Waals surface area contributed by atoms with E-state index in [4.69, 9.17) is 4.98 Å². The van der Waals surface area contributed by atoms with Gasteiger partial charge in [-0.3, -0.25) is 29.0 Å². The lowest BCUT2D eigenvalue weighted by molar-refractivity contribution is -0.130. The van der Waals surface area contributed by atoms with Crippen LogP contribution in [0.15, 0.2) is 53.9 Å². The van der Waals surface area contributed by atoms with Crippen LogP contribution >= 0.6 is 0 Å². The van der Waals surface area contributed by atoms with Gasteiger partial charge in [-0.2, -0.15) is 5.10 Å². The van der Waals surface area contributed by atoms with Crippen LogP contribution in [0.25, 0.3) is 38.9 Å². The van der Waals surface area contributed by atoms with E-state index in [0.717, 1.165) is 11.1 Å². The summed E-state index contributed by atoms with van der Waals surface area (Å²) in [5.74, 6) is -4.06. The predicted molar refractivity (Wildman–Crippen MR) is 180 cm³/mol. The van der Waals surface area contributed by atoms with E-state index >= 15 is 4.39 Å². The second kappa shape index (κ2) is 12.4. The Labute approximate surface area is 275 Å². The number of nitrogens with one attached hydrogen (secondary N) is 2. The van der Waals surface area contributed by atoms with Gasteiger partial charge in [-0.15, -0.1) is 0 Å². The molecule has 1 saturated heterocycles. The number of aromatic nitrogens is 5. The third kappa shape index (κ3) is 5.25. The minimum atomic E-state index is -1.06. The fourth-order valence-electron chi connectivity index (χ4n) is 7.07. The Balaban J connectivity index is 1.75. The van der Waals surface area contributed by atoms with Crippen molar-refractivity contribution in [1.82, 2.24) is 34.9 Å². The van der Waals surface area contributed by atoms with Crippen molar-refractivity contribution in [2.45, 2.75) is 52.9 Å². The van der Waals surface area contributed by atoms with Crippen molar-refractivity contribution in [1.29, 1.82) is 0 Å². The first kappa shape index (κ1) is 32.7. The van der Waals surface area contributed by atoms with Gasteiger partial charge in [-0.1, -0.05) is 33.4 Å². The summed E-state index contributed by atoms with van der Waals surface area (Å²) in [5.41, 5.74) is 3.55. The number of carbonyl (C=O) groups is 2. The number of halogens is 2. The molecule has 10 nitrogen and oxygen atoms in total. The molecule has 5 heterocycles. The smallest absolute Gasteiger partial charge is 0.281 e. The lowest BCUT2D eigenvalue weighted by Gasteiger charge is -2.38. The molecule has 1 unspecified atom stereocenters. The number of aryl methyl sites for hydroxylation is 2. The first-order valence-electron chi connectivity index (χ1n) is 15.9. The number of hydrogen-bond donors (Lipinski definition) is 2. The van der Waals surface area contributed by atoms with Crippen molar-refractivity contribution in [3.8, 4) is 16.9 Å². The Hall–Kier alpha value is -5.26. The van der Waals surface area contributed by atoms with Crippen molar-refractivity contribution in [2.75, 3.05) is 20.1 Å². The third-order valence-corrected chi connectivity index (χ3v) is 9.39. The molecule has 1 aliphatic heterocycles. The number of likely N-dealkylation sites (tertiary alicyclic amines) is 1. The summed E-state index contributed by atoms with van der Waals surface area (Å²) in [6.07, 6.45) is 3.57. The van der Waals surface area contributed by atoms with Gasteiger partial charge in [0.15, 0.2) is 5.83 Å². The van der Waals surface area contributed by atoms with Gasteiger partial charge in [-0.05, 0) is 72.9 Å². The molecular weight excluding hydrogens is 616 g/mol. The number of pyridine rings is 3. The van der Waals surface area contributed by atoms with Crippen molar-refractivity contribution in [3.63, 3.8) is 0 Å². The van der Waals surface area contributed by atoms with Gasteiger partial charge in [0.2, 0.25) is 0 Å². The van der Waals surface area contributed by atoms with Crippen LogP contribution in [-0.2, 0) is 4.79 Å². The number of piperidine rings is 1. The molecular formula is C36H37F2N7O3. The van der Waals surface area contributed by atoms with Gasteiger partial charge >= 0.3 is 0 Å². The summed E-state index contributed by atoms with van der Waals surface area (Å²) >= 11 is 0. The molecule has 0 bridgehead atoms. The molecule has 12 heteroatoms. The molecule has 2 atom stereocenters. The first-order chi connectivity index (χ1) is 22.8. The van der Waals surface area contributed by atoms with Crippen molar-refractivity contribution < 1.29 is 18.4 Å². The maximum Gasteiger partial charge on any atom is 0.281 e. The van der Waals surface area contributed by atoms with E-state index in [1.54, 1.807) is 18.5 Å². The Morgan fingerprint density at radius 2 is 1.90 bits per heavy atom. The van der Waals surface area contributed by atoms with Crippen LogP contribution in [0.3, 0.4) is 0 Å². The monoisotopic (exact) mass is 653 g/mol. The zero-order valence-electron chi connectivity index (χ0n) is 27.7. The Bertz CT molecular complexity index is 2200. The molecule has 0 aliphatic carbocycles. The van der Waals surface area contributed by atoms with Gasteiger partial charge in [0, 0.05) is 42.7 Å². The van der Waals surface area contributed by atoms with Gasteiger partial charge in [0.1, 0.15) is 22.7 Å². The van der Waals surface area contributed by atoms with E-state index in [0.29, 0.717) is 39.8 Å². The summed E-state index contributed by atoms with van der Waals surface area (Å²) in [4.78, 5) is 52.1. The maximum atomic E-state index is 16.7. The number of amides is 2. The Morgan fingerprint density at radius 1 is 1.15 bits per heavy atom. The molecule has 1 fully saturated rings. The average molecular weight is 654 g/mol. The topological polar surface area (TPSA) is 126 Å². The average Bonchev–Trinajstić information content (AvgIpc) is 3.53. The highest BCUT2D eigenvalue weighted by molar-refractivity contribution is 6.02. The van der Waals surface area contributed by atoms with Crippen molar-refractivity contribution >= 4 is 33.8 Å². The molecule has 1 aliphatic rings. The first-order valence-corrected chi connectivity index (χ1v) is 15.9. The van der Waals surface area contributed by atoms with Gasteiger partial charge < -0.3 is 10.2 Å². The number of nitrogens with zero attached hydrogens (tertiary/aromatic N) is 5. The van der Waals surface area contributed by atoms with Gasteiger partial charge in [0.05, 0.1) is 23.1 Å². The van der Waals surface area contributed by atoms with E-state index in [1.807, 2.05) is 46.8 Å². The highest BCUT2D eigenvalue weighted by Crippen LogP contribution is 2.41. The molecule has 2 amide bonds. The number of hydrogen-bond acceptors (Lipinski definition) is 6. The number of benzene rings is 1. The molecule has 5 aromatic rings. The summed E-state index contributed by atoms with van der Waals surface area (Å²) < 4.78 is 31.9.